The summed E-state index contributed by atoms with van der Waals surface area (Å²) in [5, 5.41) is 9.54. The zero-order valence-corrected chi connectivity index (χ0v) is 15.3. The molecule has 7 heteroatoms. The molecule has 0 spiro atoms. The molecule has 0 saturated heterocycles. The Morgan fingerprint density at radius 1 is 1.24 bits per heavy atom. The first kappa shape index (κ1) is 16.4. The van der Waals surface area contributed by atoms with Crippen LogP contribution in [0.1, 0.15) is 28.3 Å². The lowest BCUT2D eigenvalue weighted by Gasteiger charge is -2.15. The molecule has 2 aromatic heterocycles. The largest absolute Gasteiger partial charge is 0.309 e. The van der Waals surface area contributed by atoms with E-state index in [2.05, 4.69) is 16.5 Å². The minimum atomic E-state index is -0.302. The Bertz CT molecular complexity index is 919. The maximum absolute atomic E-state index is 13.3. The van der Waals surface area contributed by atoms with Crippen molar-refractivity contribution in [3.05, 3.63) is 63.7 Å². The fraction of sp³-hybridized carbons (Fsp3) is 0.222. The molecule has 128 valence electrons. The average molecular weight is 373 g/mol. The van der Waals surface area contributed by atoms with Crippen LogP contribution >= 0.6 is 23.1 Å². The van der Waals surface area contributed by atoms with Gasteiger partial charge < -0.3 is 5.32 Å². The summed E-state index contributed by atoms with van der Waals surface area (Å²) in [6, 6.07) is 10.2. The predicted octanol–water partition coefficient (Wildman–Crippen LogP) is 4.54. The Morgan fingerprint density at radius 3 is 2.68 bits per heavy atom. The number of anilines is 1. The standard InChI is InChI=1S/C18H16FN3OS2/c1-10-15-16(14-4-3-9-24-14)25-11(2)18(23)20-17(15)22(21-10)13-7-5-12(19)6-8-13/h3-9,11,16H,1-2H3,(H,20,23)/t11-,16-/m0/s1. The van der Waals surface area contributed by atoms with Crippen molar-refractivity contribution in [2.24, 2.45) is 0 Å². The Balaban J connectivity index is 1.90. The van der Waals surface area contributed by atoms with Crippen molar-refractivity contribution in [3.63, 3.8) is 0 Å². The van der Waals surface area contributed by atoms with Crippen LogP contribution in [-0.2, 0) is 4.79 Å². The second kappa shape index (κ2) is 6.31. The first-order valence-electron chi connectivity index (χ1n) is 7.90. The SMILES string of the molecule is Cc1nn(-c2ccc(F)cc2)c2c1[C@H](c1cccs1)S[C@@H](C)C(=O)N2. The zero-order valence-electron chi connectivity index (χ0n) is 13.7. The van der Waals surface area contributed by atoms with Crippen LogP contribution in [0.15, 0.2) is 41.8 Å². The third-order valence-corrected chi connectivity index (χ3v) is 6.66. The summed E-state index contributed by atoms with van der Waals surface area (Å²) >= 11 is 3.30. The first-order valence-corrected chi connectivity index (χ1v) is 9.72. The highest BCUT2D eigenvalue weighted by Crippen LogP contribution is 2.47. The molecular formula is C18H16FN3OS2. The monoisotopic (exact) mass is 373 g/mol. The average Bonchev–Trinajstić information content (AvgIpc) is 3.19. The van der Waals surface area contributed by atoms with E-state index in [0.29, 0.717) is 5.82 Å². The molecule has 0 radical (unpaired) electrons. The number of aromatic nitrogens is 2. The van der Waals surface area contributed by atoms with Crippen molar-refractivity contribution in [2.45, 2.75) is 24.3 Å². The second-order valence-corrected chi connectivity index (χ2v) is 8.33. The molecule has 1 amide bonds. The summed E-state index contributed by atoms with van der Waals surface area (Å²) in [6.45, 7) is 3.86. The van der Waals surface area contributed by atoms with Gasteiger partial charge in [-0.3, -0.25) is 4.79 Å². The molecule has 2 atom stereocenters. The van der Waals surface area contributed by atoms with Gasteiger partial charge in [-0.05, 0) is 49.6 Å². The number of nitrogens with zero attached hydrogens (tertiary/aromatic N) is 2. The number of nitrogens with one attached hydrogen (secondary N) is 1. The van der Waals surface area contributed by atoms with Crippen LogP contribution in [0.5, 0.6) is 0 Å². The molecule has 1 N–H and O–H groups in total. The van der Waals surface area contributed by atoms with Crippen molar-refractivity contribution >= 4 is 34.8 Å². The highest BCUT2D eigenvalue weighted by Gasteiger charge is 2.34. The molecular weight excluding hydrogens is 357 g/mol. The quantitative estimate of drug-likeness (QED) is 0.717. The van der Waals surface area contributed by atoms with E-state index in [1.54, 1.807) is 39.9 Å². The van der Waals surface area contributed by atoms with Crippen LogP contribution in [0, 0.1) is 12.7 Å². The highest BCUT2D eigenvalue weighted by atomic mass is 32.2. The number of carbonyl (C=O) groups excluding carboxylic acids is 1. The van der Waals surface area contributed by atoms with E-state index < -0.39 is 0 Å². The van der Waals surface area contributed by atoms with Crippen molar-refractivity contribution in [2.75, 3.05) is 5.32 Å². The molecule has 4 nitrogen and oxygen atoms in total. The topological polar surface area (TPSA) is 46.9 Å². The fourth-order valence-corrected chi connectivity index (χ4v) is 5.21. The Labute approximate surface area is 153 Å². The molecule has 0 saturated carbocycles. The molecule has 3 heterocycles. The fourth-order valence-electron chi connectivity index (χ4n) is 2.94. The van der Waals surface area contributed by atoms with Gasteiger partial charge in [0.05, 0.1) is 21.9 Å². The first-order chi connectivity index (χ1) is 12.0. The number of thiophene rings is 1. The summed E-state index contributed by atoms with van der Waals surface area (Å²) < 4.78 is 15.0. The molecule has 0 aliphatic carbocycles. The lowest BCUT2D eigenvalue weighted by Crippen LogP contribution is -2.22. The van der Waals surface area contributed by atoms with Gasteiger partial charge in [0.2, 0.25) is 5.91 Å². The number of aryl methyl sites for hydroxylation is 1. The summed E-state index contributed by atoms with van der Waals surface area (Å²) in [5.41, 5.74) is 2.59. The summed E-state index contributed by atoms with van der Waals surface area (Å²) in [7, 11) is 0. The lowest BCUT2D eigenvalue weighted by molar-refractivity contribution is -0.115. The van der Waals surface area contributed by atoms with Gasteiger partial charge in [-0.15, -0.1) is 23.1 Å². The second-order valence-electron chi connectivity index (χ2n) is 5.90. The van der Waals surface area contributed by atoms with Gasteiger partial charge >= 0.3 is 0 Å². The summed E-state index contributed by atoms with van der Waals surface area (Å²) in [4.78, 5) is 13.7. The number of halogens is 1. The molecule has 1 aromatic carbocycles. The minimum Gasteiger partial charge on any atom is -0.309 e. The Kier molecular flexibility index (Phi) is 4.13. The molecule has 0 unspecified atom stereocenters. The normalized spacial score (nSPS) is 20.0. The maximum Gasteiger partial charge on any atom is 0.238 e. The van der Waals surface area contributed by atoms with Crippen molar-refractivity contribution in [1.82, 2.24) is 9.78 Å². The Morgan fingerprint density at radius 2 is 2.00 bits per heavy atom. The van der Waals surface area contributed by atoms with Gasteiger partial charge in [0, 0.05) is 10.4 Å². The van der Waals surface area contributed by atoms with Crippen LogP contribution < -0.4 is 5.32 Å². The minimum absolute atomic E-state index is 0.0400. The van der Waals surface area contributed by atoms with E-state index in [4.69, 9.17) is 0 Å². The van der Waals surface area contributed by atoms with Crippen LogP contribution in [-0.4, -0.2) is 20.9 Å². The number of hydrogen-bond donors (Lipinski definition) is 1. The van der Waals surface area contributed by atoms with E-state index in [1.807, 2.05) is 25.3 Å². The van der Waals surface area contributed by atoms with Gasteiger partial charge in [0.25, 0.3) is 0 Å². The number of carbonyl (C=O) groups is 1. The van der Waals surface area contributed by atoms with E-state index in [1.165, 1.54) is 17.0 Å². The van der Waals surface area contributed by atoms with Crippen molar-refractivity contribution < 1.29 is 9.18 Å². The summed E-state index contributed by atoms with van der Waals surface area (Å²) in [6.07, 6.45) is 0. The highest BCUT2D eigenvalue weighted by molar-refractivity contribution is 8.01. The lowest BCUT2D eigenvalue weighted by atomic mass is 10.1. The molecule has 25 heavy (non-hydrogen) atoms. The van der Waals surface area contributed by atoms with Crippen molar-refractivity contribution in [3.8, 4) is 5.69 Å². The van der Waals surface area contributed by atoms with Crippen LogP contribution in [0.4, 0.5) is 10.2 Å². The number of hydrogen-bond acceptors (Lipinski definition) is 4. The maximum atomic E-state index is 13.3. The van der Waals surface area contributed by atoms with Crippen LogP contribution in [0.2, 0.25) is 0 Å². The molecule has 0 bridgehead atoms. The van der Waals surface area contributed by atoms with Gasteiger partial charge in [0.15, 0.2) is 0 Å². The van der Waals surface area contributed by atoms with E-state index >= 15 is 0 Å². The van der Waals surface area contributed by atoms with Crippen molar-refractivity contribution in [1.29, 1.82) is 0 Å². The predicted molar refractivity (Wildman–Crippen MR) is 100 cm³/mol. The van der Waals surface area contributed by atoms with Gasteiger partial charge in [-0.1, -0.05) is 6.07 Å². The van der Waals surface area contributed by atoms with Crippen LogP contribution in [0.3, 0.4) is 0 Å². The molecule has 3 aromatic rings. The smallest absolute Gasteiger partial charge is 0.238 e. The molecule has 1 aliphatic heterocycles. The van der Waals surface area contributed by atoms with E-state index in [9.17, 15) is 9.18 Å². The third kappa shape index (κ3) is 2.87. The van der Waals surface area contributed by atoms with Gasteiger partial charge in [0.1, 0.15) is 11.6 Å². The molecule has 4 rings (SSSR count). The number of amides is 1. The number of benzene rings is 1. The number of rotatable bonds is 2. The Hall–Kier alpha value is -2.12. The van der Waals surface area contributed by atoms with Crippen LogP contribution in [0.25, 0.3) is 5.69 Å². The summed E-state index contributed by atoms with van der Waals surface area (Å²) in [5.74, 6) is 0.321. The van der Waals surface area contributed by atoms with E-state index in [-0.39, 0.29) is 22.2 Å². The zero-order chi connectivity index (χ0) is 17.6. The number of thioether (sulfide) groups is 1. The number of fused-ring (bicyclic) bond motifs is 1. The van der Waals surface area contributed by atoms with E-state index in [0.717, 1.165) is 16.9 Å². The molecule has 0 fully saturated rings. The van der Waals surface area contributed by atoms with Gasteiger partial charge in [-0.25, -0.2) is 9.07 Å². The molecule has 1 aliphatic rings. The third-order valence-electron chi connectivity index (χ3n) is 4.19. The van der Waals surface area contributed by atoms with Gasteiger partial charge in [-0.2, -0.15) is 5.10 Å².